The van der Waals surface area contributed by atoms with E-state index in [9.17, 15) is 16.8 Å². The number of unbranched alkanes of at least 4 members (excludes halogenated alkanes) is 1. The number of hydrogen-bond acceptors (Lipinski definition) is 5. The molecular formula is C22H37N3O4S2. The summed E-state index contributed by atoms with van der Waals surface area (Å²) in [6.45, 7) is 4.45. The third-order valence-electron chi connectivity index (χ3n) is 6.42. The van der Waals surface area contributed by atoms with Gasteiger partial charge in [-0.25, -0.2) is 16.8 Å². The number of rotatable bonds is 10. The van der Waals surface area contributed by atoms with Gasteiger partial charge in [-0.3, -0.25) is 0 Å². The molecule has 1 saturated carbocycles. The van der Waals surface area contributed by atoms with Crippen molar-refractivity contribution >= 4 is 20.0 Å². The highest BCUT2D eigenvalue weighted by atomic mass is 32.2. The summed E-state index contributed by atoms with van der Waals surface area (Å²) in [4.78, 5) is 0.253. The van der Waals surface area contributed by atoms with Crippen LogP contribution in [0.15, 0.2) is 29.2 Å². The molecule has 1 aliphatic heterocycles. The number of sulfonamides is 2. The third-order valence-corrected chi connectivity index (χ3v) is 10.2. The van der Waals surface area contributed by atoms with Crippen molar-refractivity contribution in [2.75, 3.05) is 45.0 Å². The molecule has 1 aliphatic carbocycles. The summed E-state index contributed by atoms with van der Waals surface area (Å²) in [5, 5.41) is 3.14. The van der Waals surface area contributed by atoms with E-state index in [1.165, 1.54) is 46.3 Å². The molecule has 176 valence electrons. The first kappa shape index (κ1) is 24.6. The lowest BCUT2D eigenvalue weighted by atomic mass is 9.84. The lowest BCUT2D eigenvalue weighted by Crippen LogP contribution is -2.48. The monoisotopic (exact) mass is 471 g/mol. The van der Waals surface area contributed by atoms with Crippen molar-refractivity contribution in [1.82, 2.24) is 13.9 Å². The molecule has 0 amide bonds. The largest absolute Gasteiger partial charge is 0.314 e. The van der Waals surface area contributed by atoms with E-state index in [0.29, 0.717) is 45.1 Å². The van der Waals surface area contributed by atoms with Crippen molar-refractivity contribution < 1.29 is 16.8 Å². The summed E-state index contributed by atoms with van der Waals surface area (Å²) < 4.78 is 54.9. The zero-order valence-corrected chi connectivity index (χ0v) is 20.3. The Bertz CT molecular complexity index is 889. The minimum absolute atomic E-state index is 0.0149. The van der Waals surface area contributed by atoms with Crippen molar-refractivity contribution in [3.8, 4) is 0 Å². The normalized spacial score (nSPS) is 19.7. The minimum Gasteiger partial charge on any atom is -0.314 e. The molecule has 1 aromatic rings. The quantitative estimate of drug-likeness (QED) is 0.567. The molecule has 0 unspecified atom stereocenters. The van der Waals surface area contributed by atoms with Gasteiger partial charge in [-0.1, -0.05) is 44.7 Å². The first-order valence-corrected chi connectivity index (χ1v) is 14.7. The maximum absolute atomic E-state index is 13.3. The van der Waals surface area contributed by atoms with E-state index < -0.39 is 20.0 Å². The van der Waals surface area contributed by atoms with Gasteiger partial charge in [0.2, 0.25) is 20.0 Å². The number of nitrogens with zero attached hydrogens (tertiary/aromatic N) is 2. The Labute approximate surface area is 188 Å². The molecule has 0 aromatic heterocycles. The van der Waals surface area contributed by atoms with E-state index in [1.54, 1.807) is 12.1 Å². The van der Waals surface area contributed by atoms with Gasteiger partial charge in [0.25, 0.3) is 0 Å². The van der Waals surface area contributed by atoms with E-state index in [4.69, 9.17) is 0 Å². The Morgan fingerprint density at radius 3 is 2.23 bits per heavy atom. The standard InChI is InChI=1S/C22H37N3O4S2/c1-2-3-15-25(18-19-30(26,27)24-16-13-23-14-17-24)31(28,29)22-11-9-21(10-12-22)20-7-5-4-6-8-20/h9-12,20,23H,2-8,13-19H2,1H3. The highest BCUT2D eigenvalue weighted by Gasteiger charge is 2.29. The number of hydrogen-bond donors (Lipinski definition) is 1. The highest BCUT2D eigenvalue weighted by Crippen LogP contribution is 2.33. The molecule has 2 fully saturated rings. The number of benzene rings is 1. The topological polar surface area (TPSA) is 86.8 Å². The summed E-state index contributed by atoms with van der Waals surface area (Å²) in [7, 11) is -7.22. The fourth-order valence-electron chi connectivity index (χ4n) is 4.45. The van der Waals surface area contributed by atoms with Crippen LogP contribution < -0.4 is 5.32 Å². The smallest absolute Gasteiger partial charge is 0.243 e. The van der Waals surface area contributed by atoms with Crippen molar-refractivity contribution in [3.05, 3.63) is 29.8 Å². The summed E-state index contributed by atoms with van der Waals surface area (Å²) >= 11 is 0. The Morgan fingerprint density at radius 2 is 1.61 bits per heavy atom. The third kappa shape index (κ3) is 6.51. The molecule has 3 rings (SSSR count). The highest BCUT2D eigenvalue weighted by molar-refractivity contribution is 7.90. The second-order valence-corrected chi connectivity index (χ2v) is 12.7. The van der Waals surface area contributed by atoms with Gasteiger partial charge in [-0.15, -0.1) is 0 Å². The molecule has 31 heavy (non-hydrogen) atoms. The molecule has 1 heterocycles. The Hall–Kier alpha value is -1.00. The lowest BCUT2D eigenvalue weighted by Gasteiger charge is -2.28. The van der Waals surface area contributed by atoms with Gasteiger partial charge < -0.3 is 5.32 Å². The van der Waals surface area contributed by atoms with Gasteiger partial charge in [0.1, 0.15) is 0 Å². The molecular weight excluding hydrogens is 434 g/mol. The second kappa shape index (κ2) is 11.2. The summed E-state index contributed by atoms with van der Waals surface area (Å²) in [5.74, 6) is 0.335. The Balaban J connectivity index is 1.72. The predicted octanol–water partition coefficient (Wildman–Crippen LogP) is 2.76. The van der Waals surface area contributed by atoms with Crippen LogP contribution in [0.2, 0.25) is 0 Å². The fraction of sp³-hybridized carbons (Fsp3) is 0.727. The van der Waals surface area contributed by atoms with Gasteiger partial charge in [0, 0.05) is 39.3 Å². The van der Waals surface area contributed by atoms with E-state index >= 15 is 0 Å². The van der Waals surface area contributed by atoms with Crippen LogP contribution in [0.25, 0.3) is 0 Å². The van der Waals surface area contributed by atoms with E-state index in [-0.39, 0.29) is 17.2 Å². The van der Waals surface area contributed by atoms with Crippen LogP contribution in [-0.4, -0.2) is 70.5 Å². The Morgan fingerprint density at radius 1 is 0.968 bits per heavy atom. The molecule has 9 heteroatoms. The van der Waals surface area contributed by atoms with E-state index in [0.717, 1.165) is 6.42 Å². The fourth-order valence-corrected chi connectivity index (χ4v) is 7.50. The van der Waals surface area contributed by atoms with Gasteiger partial charge >= 0.3 is 0 Å². The number of piperazine rings is 1. The van der Waals surface area contributed by atoms with Crippen LogP contribution in [-0.2, 0) is 20.0 Å². The van der Waals surface area contributed by atoms with Gasteiger partial charge in [0.15, 0.2) is 0 Å². The van der Waals surface area contributed by atoms with Crippen LogP contribution in [0.5, 0.6) is 0 Å². The first-order valence-electron chi connectivity index (χ1n) is 11.6. The van der Waals surface area contributed by atoms with Crippen LogP contribution >= 0.6 is 0 Å². The molecule has 1 N–H and O–H groups in total. The van der Waals surface area contributed by atoms with Gasteiger partial charge in [-0.05, 0) is 42.9 Å². The molecule has 0 spiro atoms. The van der Waals surface area contributed by atoms with Crippen LogP contribution in [0.1, 0.15) is 63.4 Å². The van der Waals surface area contributed by atoms with E-state index in [2.05, 4.69) is 5.32 Å². The number of nitrogens with one attached hydrogen (secondary N) is 1. The van der Waals surface area contributed by atoms with Crippen molar-refractivity contribution in [1.29, 1.82) is 0 Å². The summed E-state index contributed by atoms with van der Waals surface area (Å²) in [6, 6.07) is 7.28. The van der Waals surface area contributed by atoms with Crippen molar-refractivity contribution in [3.63, 3.8) is 0 Å². The van der Waals surface area contributed by atoms with Gasteiger partial charge in [-0.2, -0.15) is 8.61 Å². The first-order chi connectivity index (χ1) is 14.8. The van der Waals surface area contributed by atoms with Crippen LogP contribution in [0.4, 0.5) is 0 Å². The second-order valence-electron chi connectivity index (χ2n) is 8.63. The summed E-state index contributed by atoms with van der Waals surface area (Å²) in [5.41, 5.74) is 1.21. The molecule has 1 aromatic carbocycles. The SMILES string of the molecule is CCCCN(CCS(=O)(=O)N1CCNCC1)S(=O)(=O)c1ccc(C2CCCCC2)cc1. The Kier molecular flexibility index (Phi) is 8.92. The maximum atomic E-state index is 13.3. The predicted molar refractivity (Wildman–Crippen MR) is 124 cm³/mol. The zero-order chi connectivity index (χ0) is 22.3. The van der Waals surface area contributed by atoms with Crippen LogP contribution in [0, 0.1) is 0 Å². The van der Waals surface area contributed by atoms with Gasteiger partial charge in [0.05, 0.1) is 10.6 Å². The average molecular weight is 472 g/mol. The van der Waals surface area contributed by atoms with Crippen molar-refractivity contribution in [2.24, 2.45) is 0 Å². The van der Waals surface area contributed by atoms with Crippen LogP contribution in [0.3, 0.4) is 0 Å². The molecule has 7 nitrogen and oxygen atoms in total. The zero-order valence-electron chi connectivity index (χ0n) is 18.6. The lowest BCUT2D eigenvalue weighted by molar-refractivity contribution is 0.355. The van der Waals surface area contributed by atoms with Crippen molar-refractivity contribution in [2.45, 2.75) is 62.7 Å². The molecule has 2 aliphatic rings. The molecule has 1 saturated heterocycles. The average Bonchev–Trinajstić information content (AvgIpc) is 2.80. The summed E-state index contributed by atoms with van der Waals surface area (Å²) in [6.07, 6.45) is 7.63. The molecule has 0 atom stereocenters. The molecule has 0 radical (unpaired) electrons. The maximum Gasteiger partial charge on any atom is 0.243 e. The minimum atomic E-state index is -3.74. The molecule has 0 bridgehead atoms. The van der Waals surface area contributed by atoms with E-state index in [1.807, 2.05) is 19.1 Å².